The first-order valence-corrected chi connectivity index (χ1v) is 10.3. The molecule has 152 valence electrons. The molecule has 0 saturated heterocycles. The summed E-state index contributed by atoms with van der Waals surface area (Å²) >= 11 is 1.41. The number of hydrogen-bond donors (Lipinski definition) is 1. The van der Waals surface area contributed by atoms with E-state index in [1.807, 2.05) is 44.2 Å². The first kappa shape index (κ1) is 19.8. The zero-order valence-electron chi connectivity index (χ0n) is 16.8. The molecule has 0 spiro atoms. The zero-order valence-corrected chi connectivity index (χ0v) is 17.6. The maximum atomic E-state index is 12.5. The summed E-state index contributed by atoms with van der Waals surface area (Å²) in [5.74, 6) is 0.346. The third-order valence-corrected chi connectivity index (χ3v) is 5.70. The second kappa shape index (κ2) is 8.12. The van der Waals surface area contributed by atoms with Gasteiger partial charge in [-0.15, -0.1) is 17.9 Å². The van der Waals surface area contributed by atoms with Crippen molar-refractivity contribution >= 4 is 34.0 Å². The summed E-state index contributed by atoms with van der Waals surface area (Å²) in [5.41, 5.74) is 3.99. The summed E-state index contributed by atoms with van der Waals surface area (Å²) in [5, 5.41) is 3.40. The first-order chi connectivity index (χ1) is 14.5. The molecule has 0 radical (unpaired) electrons. The number of benzene rings is 2. The number of rotatable bonds is 5. The van der Waals surface area contributed by atoms with E-state index in [2.05, 4.69) is 16.9 Å². The second-order valence-corrected chi connectivity index (χ2v) is 8.21. The van der Waals surface area contributed by atoms with Gasteiger partial charge in [0.25, 0.3) is 11.8 Å². The molecule has 0 saturated carbocycles. The Morgan fingerprint density at radius 2 is 2.03 bits per heavy atom. The predicted octanol–water partition coefficient (Wildman–Crippen LogP) is 4.59. The van der Waals surface area contributed by atoms with Crippen LogP contribution in [-0.4, -0.2) is 29.9 Å². The average molecular weight is 420 g/mol. The molecule has 30 heavy (non-hydrogen) atoms. The number of carbonyl (C=O) groups is 2. The summed E-state index contributed by atoms with van der Waals surface area (Å²) < 4.78 is 5.55. The molecule has 1 aliphatic rings. The minimum atomic E-state index is -0.197. The second-order valence-electron chi connectivity index (χ2n) is 7.01. The number of amides is 2. The maximum Gasteiger partial charge on any atom is 0.265 e. The van der Waals surface area contributed by atoms with Gasteiger partial charge in [0.05, 0.1) is 11.4 Å². The van der Waals surface area contributed by atoms with E-state index < -0.39 is 0 Å². The van der Waals surface area contributed by atoms with Crippen LogP contribution in [-0.2, 0) is 4.79 Å². The van der Waals surface area contributed by atoms with Crippen molar-refractivity contribution in [2.75, 3.05) is 23.4 Å². The lowest BCUT2D eigenvalue weighted by atomic mass is 10.1. The van der Waals surface area contributed by atoms with E-state index in [4.69, 9.17) is 4.74 Å². The number of aromatic nitrogens is 1. The normalized spacial score (nSPS) is 12.9. The van der Waals surface area contributed by atoms with Crippen molar-refractivity contribution < 1.29 is 14.3 Å². The quantitative estimate of drug-likeness (QED) is 0.614. The van der Waals surface area contributed by atoms with E-state index in [-0.39, 0.29) is 18.4 Å². The number of nitrogens with zero attached hydrogens (tertiary/aromatic N) is 2. The van der Waals surface area contributed by atoms with Gasteiger partial charge in [0.2, 0.25) is 0 Å². The molecule has 1 aromatic heterocycles. The van der Waals surface area contributed by atoms with Gasteiger partial charge in [-0.3, -0.25) is 14.9 Å². The van der Waals surface area contributed by atoms with Crippen LogP contribution in [0.4, 0.5) is 10.8 Å². The summed E-state index contributed by atoms with van der Waals surface area (Å²) in [7, 11) is 0. The fraction of sp³-hybridized carbons (Fsp3) is 0.174. The van der Waals surface area contributed by atoms with Crippen LogP contribution in [0.1, 0.15) is 20.8 Å². The first-order valence-electron chi connectivity index (χ1n) is 9.50. The molecule has 0 aliphatic carbocycles. The topological polar surface area (TPSA) is 71.5 Å². The van der Waals surface area contributed by atoms with Gasteiger partial charge < -0.3 is 9.64 Å². The molecular weight excluding hydrogens is 398 g/mol. The van der Waals surface area contributed by atoms with E-state index >= 15 is 0 Å². The molecule has 0 bridgehead atoms. The van der Waals surface area contributed by atoms with Crippen molar-refractivity contribution in [2.45, 2.75) is 13.8 Å². The summed E-state index contributed by atoms with van der Waals surface area (Å²) in [6, 6.07) is 13.0. The van der Waals surface area contributed by atoms with E-state index in [0.29, 0.717) is 28.7 Å². The van der Waals surface area contributed by atoms with Gasteiger partial charge in [-0.2, -0.15) is 0 Å². The maximum absolute atomic E-state index is 12.5. The monoisotopic (exact) mass is 419 g/mol. The Morgan fingerprint density at radius 3 is 2.77 bits per heavy atom. The van der Waals surface area contributed by atoms with Crippen LogP contribution >= 0.6 is 11.3 Å². The molecule has 2 amide bonds. The van der Waals surface area contributed by atoms with Gasteiger partial charge >= 0.3 is 0 Å². The molecule has 7 heteroatoms. The molecule has 0 fully saturated rings. The fourth-order valence-corrected chi connectivity index (χ4v) is 4.10. The number of thiazole rings is 1. The zero-order chi connectivity index (χ0) is 21.3. The SMILES string of the molecule is C=CCN1C(=O)COc2ccc(-c3nc(NC(=O)c4ccc(C)cc4)sc3C)cc21. The van der Waals surface area contributed by atoms with Crippen molar-refractivity contribution in [3.05, 3.63) is 71.1 Å². The minimum Gasteiger partial charge on any atom is -0.482 e. The Kier molecular flexibility index (Phi) is 5.37. The average Bonchev–Trinajstić information content (AvgIpc) is 3.10. The summed E-state index contributed by atoms with van der Waals surface area (Å²) in [4.78, 5) is 32.0. The van der Waals surface area contributed by atoms with Crippen LogP contribution in [0, 0.1) is 13.8 Å². The Morgan fingerprint density at radius 1 is 1.27 bits per heavy atom. The lowest BCUT2D eigenvalue weighted by Crippen LogP contribution is -2.38. The molecule has 0 unspecified atom stereocenters. The molecular formula is C23H21N3O3S. The highest BCUT2D eigenvalue weighted by molar-refractivity contribution is 7.16. The van der Waals surface area contributed by atoms with Gasteiger partial charge in [-0.05, 0) is 44.2 Å². The van der Waals surface area contributed by atoms with Gasteiger partial charge in [0.15, 0.2) is 11.7 Å². The van der Waals surface area contributed by atoms with E-state index in [0.717, 1.165) is 21.7 Å². The number of carbonyl (C=O) groups excluding carboxylic acids is 2. The number of ether oxygens (including phenoxy) is 1. The van der Waals surface area contributed by atoms with Crippen molar-refractivity contribution in [1.29, 1.82) is 0 Å². The molecule has 2 heterocycles. The molecule has 1 N–H and O–H groups in total. The Labute approximate surface area is 178 Å². The third-order valence-electron chi connectivity index (χ3n) is 4.82. The minimum absolute atomic E-state index is 0.0190. The highest BCUT2D eigenvalue weighted by Crippen LogP contribution is 2.38. The van der Waals surface area contributed by atoms with Crippen LogP contribution in [0.15, 0.2) is 55.1 Å². The van der Waals surface area contributed by atoms with Crippen LogP contribution in [0.3, 0.4) is 0 Å². The van der Waals surface area contributed by atoms with Gasteiger partial charge in [-0.1, -0.05) is 23.8 Å². The van der Waals surface area contributed by atoms with Crippen LogP contribution in [0.2, 0.25) is 0 Å². The molecule has 6 nitrogen and oxygen atoms in total. The Bertz CT molecular complexity index is 1140. The molecule has 1 aliphatic heterocycles. The van der Waals surface area contributed by atoms with Crippen LogP contribution in [0.25, 0.3) is 11.3 Å². The van der Waals surface area contributed by atoms with Crippen molar-refractivity contribution in [3.63, 3.8) is 0 Å². The van der Waals surface area contributed by atoms with E-state index in [9.17, 15) is 9.59 Å². The Hall–Kier alpha value is -3.45. The molecule has 3 aromatic rings. The molecule has 2 aromatic carbocycles. The number of hydrogen-bond acceptors (Lipinski definition) is 5. The highest BCUT2D eigenvalue weighted by Gasteiger charge is 2.25. The smallest absolute Gasteiger partial charge is 0.265 e. The van der Waals surface area contributed by atoms with Crippen LogP contribution < -0.4 is 15.0 Å². The van der Waals surface area contributed by atoms with Gasteiger partial charge in [-0.25, -0.2) is 4.98 Å². The summed E-state index contributed by atoms with van der Waals surface area (Å²) in [6.45, 7) is 8.09. The van der Waals surface area contributed by atoms with Crippen molar-refractivity contribution in [2.24, 2.45) is 0 Å². The third kappa shape index (κ3) is 3.84. The van der Waals surface area contributed by atoms with Crippen molar-refractivity contribution in [1.82, 2.24) is 4.98 Å². The van der Waals surface area contributed by atoms with Crippen LogP contribution in [0.5, 0.6) is 5.75 Å². The predicted molar refractivity (Wildman–Crippen MR) is 119 cm³/mol. The largest absolute Gasteiger partial charge is 0.482 e. The number of aryl methyl sites for hydroxylation is 2. The Balaban J connectivity index is 1.62. The summed E-state index contributed by atoms with van der Waals surface area (Å²) in [6.07, 6.45) is 1.69. The highest BCUT2D eigenvalue weighted by atomic mass is 32.1. The lowest BCUT2D eigenvalue weighted by Gasteiger charge is -2.28. The molecule has 0 atom stereocenters. The number of nitrogens with one attached hydrogen (secondary N) is 1. The molecule has 4 rings (SSSR count). The van der Waals surface area contributed by atoms with Crippen molar-refractivity contribution in [3.8, 4) is 17.0 Å². The van der Waals surface area contributed by atoms with Gasteiger partial charge in [0, 0.05) is 22.5 Å². The standard InChI is InChI=1S/C23H21N3O3S/c1-4-11-26-18-12-17(9-10-19(18)29-13-20(26)27)21-15(3)30-23(24-21)25-22(28)16-7-5-14(2)6-8-16/h4-10,12H,1,11,13H2,2-3H3,(H,24,25,28). The van der Waals surface area contributed by atoms with E-state index in [1.54, 1.807) is 23.1 Å². The van der Waals surface area contributed by atoms with Gasteiger partial charge in [0.1, 0.15) is 5.75 Å². The fourth-order valence-electron chi connectivity index (χ4n) is 3.27. The number of anilines is 2. The van der Waals surface area contributed by atoms with E-state index in [1.165, 1.54) is 11.3 Å². The lowest BCUT2D eigenvalue weighted by molar-refractivity contribution is -0.121. The number of fused-ring (bicyclic) bond motifs is 1.